The summed E-state index contributed by atoms with van der Waals surface area (Å²) < 4.78 is 26.4. The highest BCUT2D eigenvalue weighted by Crippen LogP contribution is 2.25. The summed E-state index contributed by atoms with van der Waals surface area (Å²) in [6.07, 6.45) is 5.75. The molecule has 1 heterocycles. The number of likely N-dealkylation sites (tertiary alicyclic amines) is 1. The Bertz CT molecular complexity index is 452. The molecule has 1 saturated carbocycles. The number of hydrogen-bond acceptors (Lipinski definition) is 3. The van der Waals surface area contributed by atoms with Crippen LogP contribution in [0, 0.1) is 11.8 Å². The van der Waals surface area contributed by atoms with Gasteiger partial charge in [-0.25, -0.2) is 13.1 Å². The zero-order valence-corrected chi connectivity index (χ0v) is 13.7. The zero-order valence-electron chi connectivity index (χ0n) is 12.9. The molecule has 2 rings (SSSR count). The number of nitrogens with zero attached hydrogens (tertiary/aromatic N) is 2. The van der Waals surface area contributed by atoms with Crippen molar-refractivity contribution in [1.29, 1.82) is 0 Å². The predicted octanol–water partition coefficient (Wildman–Crippen LogP) is 0.753. The number of sulfonamides is 1. The smallest absolute Gasteiger partial charge is 0.213 e. The van der Waals surface area contributed by atoms with Gasteiger partial charge in [-0.2, -0.15) is 0 Å². The van der Waals surface area contributed by atoms with Crippen LogP contribution in [0.4, 0.5) is 0 Å². The molecule has 21 heavy (non-hydrogen) atoms. The van der Waals surface area contributed by atoms with Crippen LogP contribution in [-0.2, 0) is 10.0 Å². The predicted molar refractivity (Wildman–Crippen MR) is 85.6 cm³/mol. The molecule has 0 spiro atoms. The maximum atomic E-state index is 11.8. The van der Waals surface area contributed by atoms with Crippen LogP contribution in [0.25, 0.3) is 0 Å². The van der Waals surface area contributed by atoms with E-state index in [4.69, 9.17) is 5.73 Å². The number of piperidine rings is 1. The normalized spacial score (nSPS) is 22.3. The number of guanidine groups is 1. The molecule has 2 aliphatic rings. The van der Waals surface area contributed by atoms with Crippen LogP contribution >= 0.6 is 0 Å². The number of nitrogens with two attached hydrogens (primary N) is 1. The second-order valence-corrected chi connectivity index (χ2v) is 8.30. The molecule has 0 amide bonds. The van der Waals surface area contributed by atoms with Gasteiger partial charge in [-0.1, -0.05) is 13.3 Å². The molecule has 0 aromatic carbocycles. The van der Waals surface area contributed by atoms with Gasteiger partial charge in [0.05, 0.1) is 12.3 Å². The fourth-order valence-corrected chi connectivity index (χ4v) is 3.60. The molecule has 122 valence electrons. The number of rotatable bonds is 6. The molecule has 1 aliphatic carbocycles. The maximum absolute atomic E-state index is 11.8. The Labute approximate surface area is 128 Å². The van der Waals surface area contributed by atoms with Crippen LogP contribution in [-0.4, -0.2) is 51.2 Å². The number of aliphatic imine (C=N–C) groups is 1. The lowest BCUT2D eigenvalue weighted by molar-refractivity contribution is 0.278. The van der Waals surface area contributed by atoms with Crippen LogP contribution in [0.15, 0.2) is 4.99 Å². The lowest BCUT2D eigenvalue weighted by Crippen LogP contribution is -2.43. The first-order chi connectivity index (χ1) is 9.96. The minimum Gasteiger partial charge on any atom is -0.370 e. The molecule has 0 bridgehead atoms. The van der Waals surface area contributed by atoms with E-state index in [1.165, 1.54) is 6.42 Å². The van der Waals surface area contributed by atoms with Crippen molar-refractivity contribution >= 4 is 16.0 Å². The van der Waals surface area contributed by atoms with Gasteiger partial charge in [0.2, 0.25) is 10.0 Å². The molecule has 1 saturated heterocycles. The van der Waals surface area contributed by atoms with Gasteiger partial charge in [-0.05, 0) is 37.5 Å². The fraction of sp³-hybridized carbons (Fsp3) is 0.929. The van der Waals surface area contributed by atoms with E-state index in [1.54, 1.807) is 0 Å². The van der Waals surface area contributed by atoms with Crippen LogP contribution in [0.5, 0.6) is 0 Å². The molecule has 0 unspecified atom stereocenters. The van der Waals surface area contributed by atoms with Gasteiger partial charge in [0.25, 0.3) is 0 Å². The topological polar surface area (TPSA) is 87.8 Å². The zero-order chi connectivity index (χ0) is 15.3. The molecule has 0 atom stereocenters. The summed E-state index contributed by atoms with van der Waals surface area (Å²) in [7, 11) is -3.22. The van der Waals surface area contributed by atoms with E-state index in [-0.39, 0.29) is 12.3 Å². The lowest BCUT2D eigenvalue weighted by atomic mass is 9.86. The quantitative estimate of drug-likeness (QED) is 0.559. The molecular formula is C14H28N4O2S. The van der Waals surface area contributed by atoms with Crippen molar-refractivity contribution in [3.8, 4) is 0 Å². The second kappa shape index (κ2) is 7.45. The highest BCUT2D eigenvalue weighted by molar-refractivity contribution is 7.89. The van der Waals surface area contributed by atoms with Crippen molar-refractivity contribution in [2.45, 2.75) is 39.0 Å². The Morgan fingerprint density at radius 3 is 2.52 bits per heavy atom. The fourth-order valence-electron chi connectivity index (χ4n) is 2.63. The van der Waals surface area contributed by atoms with E-state index >= 15 is 0 Å². The second-order valence-electron chi connectivity index (χ2n) is 6.37. The van der Waals surface area contributed by atoms with E-state index in [0.717, 1.165) is 44.7 Å². The summed E-state index contributed by atoms with van der Waals surface area (Å²) in [5, 5.41) is 0. The minimum atomic E-state index is -3.22. The Balaban J connectivity index is 1.69. The summed E-state index contributed by atoms with van der Waals surface area (Å²) in [6.45, 7) is 4.89. The third kappa shape index (κ3) is 5.47. The molecule has 1 aliphatic heterocycles. The summed E-state index contributed by atoms with van der Waals surface area (Å²) in [6, 6.07) is 0. The molecule has 6 nitrogen and oxygen atoms in total. The van der Waals surface area contributed by atoms with Crippen LogP contribution in [0.3, 0.4) is 0 Å². The highest BCUT2D eigenvalue weighted by Gasteiger charge is 2.20. The summed E-state index contributed by atoms with van der Waals surface area (Å²) >= 11 is 0. The standard InChI is InChI=1S/C14H28N4O2S/c1-12-5-8-18(9-6-12)14(15)16-7-10-21(19,20)17-11-13-3-2-4-13/h12-13,17H,2-11H2,1H3,(H2,15,16). The summed E-state index contributed by atoms with van der Waals surface area (Å²) in [5.41, 5.74) is 5.94. The first kappa shape index (κ1) is 16.5. The van der Waals surface area contributed by atoms with Crippen molar-refractivity contribution in [2.75, 3.05) is 31.9 Å². The van der Waals surface area contributed by atoms with E-state index < -0.39 is 10.0 Å². The molecule has 3 N–H and O–H groups in total. The summed E-state index contributed by atoms with van der Waals surface area (Å²) in [4.78, 5) is 6.27. The van der Waals surface area contributed by atoms with Crippen molar-refractivity contribution in [2.24, 2.45) is 22.6 Å². The van der Waals surface area contributed by atoms with Crippen molar-refractivity contribution < 1.29 is 8.42 Å². The van der Waals surface area contributed by atoms with Gasteiger partial charge in [-0.15, -0.1) is 0 Å². The number of hydrogen-bond donors (Lipinski definition) is 2. The molecule has 0 aromatic heterocycles. The van der Waals surface area contributed by atoms with Crippen LogP contribution < -0.4 is 10.5 Å². The number of nitrogens with one attached hydrogen (secondary N) is 1. The Kier molecular flexibility index (Phi) is 5.87. The maximum Gasteiger partial charge on any atom is 0.213 e. The van der Waals surface area contributed by atoms with E-state index in [9.17, 15) is 8.42 Å². The van der Waals surface area contributed by atoms with Gasteiger partial charge in [0.15, 0.2) is 5.96 Å². The van der Waals surface area contributed by atoms with Crippen molar-refractivity contribution in [1.82, 2.24) is 9.62 Å². The van der Waals surface area contributed by atoms with Crippen molar-refractivity contribution in [3.63, 3.8) is 0 Å². The molecule has 7 heteroatoms. The Morgan fingerprint density at radius 1 is 1.29 bits per heavy atom. The minimum absolute atomic E-state index is 0.0185. The van der Waals surface area contributed by atoms with Gasteiger partial charge < -0.3 is 10.6 Å². The Morgan fingerprint density at radius 2 is 1.95 bits per heavy atom. The molecular weight excluding hydrogens is 288 g/mol. The lowest BCUT2D eigenvalue weighted by Gasteiger charge is -2.31. The average molecular weight is 316 g/mol. The van der Waals surface area contributed by atoms with E-state index in [2.05, 4.69) is 21.5 Å². The first-order valence-corrected chi connectivity index (χ1v) is 9.64. The summed E-state index contributed by atoms with van der Waals surface area (Å²) in [5.74, 6) is 1.77. The van der Waals surface area contributed by atoms with Gasteiger partial charge in [-0.3, -0.25) is 4.99 Å². The average Bonchev–Trinajstić information content (AvgIpc) is 2.37. The van der Waals surface area contributed by atoms with Crippen molar-refractivity contribution in [3.05, 3.63) is 0 Å². The largest absolute Gasteiger partial charge is 0.370 e. The van der Waals surface area contributed by atoms with Gasteiger partial charge >= 0.3 is 0 Å². The van der Waals surface area contributed by atoms with Gasteiger partial charge in [0, 0.05) is 19.6 Å². The third-order valence-electron chi connectivity index (χ3n) is 4.56. The van der Waals surface area contributed by atoms with Gasteiger partial charge in [0.1, 0.15) is 0 Å². The Hall–Kier alpha value is -0.820. The monoisotopic (exact) mass is 316 g/mol. The first-order valence-electron chi connectivity index (χ1n) is 7.98. The highest BCUT2D eigenvalue weighted by atomic mass is 32.2. The van der Waals surface area contributed by atoms with Crippen LogP contribution in [0.1, 0.15) is 39.0 Å². The third-order valence-corrected chi connectivity index (χ3v) is 5.88. The SMILES string of the molecule is CC1CCN(C(N)=NCCS(=O)(=O)NCC2CCC2)CC1. The van der Waals surface area contributed by atoms with Crippen LogP contribution in [0.2, 0.25) is 0 Å². The molecule has 2 fully saturated rings. The molecule has 0 radical (unpaired) electrons. The van der Waals surface area contributed by atoms with E-state index in [1.807, 2.05) is 0 Å². The molecule has 0 aromatic rings. The van der Waals surface area contributed by atoms with E-state index in [0.29, 0.717) is 18.4 Å².